The number of rotatable bonds is 6. The highest BCUT2D eigenvalue weighted by Gasteiger charge is 2.19. The number of nitrogens with one attached hydrogen (secondary N) is 1. The lowest BCUT2D eigenvalue weighted by atomic mass is 10.1. The number of hydrogen-bond acceptors (Lipinski definition) is 6. The van der Waals surface area contributed by atoms with Gasteiger partial charge in [-0.05, 0) is 32.0 Å². The summed E-state index contributed by atoms with van der Waals surface area (Å²) in [5.74, 6) is 1.42. The van der Waals surface area contributed by atoms with E-state index in [-0.39, 0.29) is 5.69 Å². The molecule has 122 valence electrons. The van der Waals surface area contributed by atoms with Gasteiger partial charge >= 0.3 is 0 Å². The minimum Gasteiger partial charge on any atom is -0.490 e. The lowest BCUT2D eigenvalue weighted by Crippen LogP contribution is -2.02. The van der Waals surface area contributed by atoms with Gasteiger partial charge in [0.2, 0.25) is 0 Å². The summed E-state index contributed by atoms with van der Waals surface area (Å²) in [6.07, 6.45) is 2.59. The maximum absolute atomic E-state index is 9.05. The minimum atomic E-state index is 0.243. The Kier molecular flexibility index (Phi) is 4.57. The first-order valence-corrected chi connectivity index (χ1v) is 7.75. The second-order valence-corrected chi connectivity index (χ2v) is 5.01. The maximum atomic E-state index is 9.05. The minimum absolute atomic E-state index is 0.243. The maximum Gasteiger partial charge on any atom is 0.192 e. The van der Waals surface area contributed by atoms with Crippen molar-refractivity contribution < 1.29 is 9.47 Å². The lowest BCUT2D eigenvalue weighted by molar-refractivity contribution is 0.287. The summed E-state index contributed by atoms with van der Waals surface area (Å²) in [5.41, 5.74) is 3.22. The van der Waals surface area contributed by atoms with E-state index >= 15 is 0 Å². The molecule has 0 radical (unpaired) electrons. The SMILES string of the molecule is CCOc1ccc(C2=NC(c3n[nH]nc3C#N)=CC2)cc1OCC. The van der Waals surface area contributed by atoms with E-state index in [4.69, 9.17) is 14.7 Å². The van der Waals surface area contributed by atoms with E-state index in [9.17, 15) is 0 Å². The van der Waals surface area contributed by atoms with Crippen LogP contribution in [0.2, 0.25) is 0 Å². The molecule has 1 aromatic carbocycles. The molecule has 0 saturated heterocycles. The zero-order valence-corrected chi connectivity index (χ0v) is 13.5. The topological polar surface area (TPSA) is 96.2 Å². The molecule has 3 rings (SSSR count). The third kappa shape index (κ3) is 2.99. The van der Waals surface area contributed by atoms with E-state index in [1.54, 1.807) is 0 Å². The van der Waals surface area contributed by atoms with Gasteiger partial charge in [-0.15, -0.1) is 5.10 Å². The summed E-state index contributed by atoms with van der Waals surface area (Å²) in [5, 5.41) is 19.3. The predicted molar refractivity (Wildman–Crippen MR) is 89.0 cm³/mol. The number of nitriles is 1. The van der Waals surface area contributed by atoms with Crippen LogP contribution in [0.5, 0.6) is 11.5 Å². The van der Waals surface area contributed by atoms with Crippen LogP contribution in [0.3, 0.4) is 0 Å². The summed E-state index contributed by atoms with van der Waals surface area (Å²) in [7, 11) is 0. The molecule has 0 unspecified atom stereocenters. The molecule has 0 aliphatic carbocycles. The third-order valence-electron chi connectivity index (χ3n) is 3.52. The Hall–Kier alpha value is -3.14. The Labute approximate surface area is 139 Å². The molecule has 1 aliphatic heterocycles. The van der Waals surface area contributed by atoms with Gasteiger partial charge in [0.05, 0.1) is 24.6 Å². The van der Waals surface area contributed by atoms with Crippen LogP contribution in [0.1, 0.15) is 37.2 Å². The highest BCUT2D eigenvalue weighted by Crippen LogP contribution is 2.31. The summed E-state index contributed by atoms with van der Waals surface area (Å²) in [4.78, 5) is 4.59. The van der Waals surface area contributed by atoms with Gasteiger partial charge in [0.25, 0.3) is 0 Å². The molecule has 24 heavy (non-hydrogen) atoms. The fraction of sp³-hybridized carbons (Fsp3) is 0.294. The number of hydrogen-bond donors (Lipinski definition) is 1. The molecule has 0 amide bonds. The van der Waals surface area contributed by atoms with Crippen LogP contribution in [0.4, 0.5) is 0 Å². The first kappa shape index (κ1) is 15.7. The van der Waals surface area contributed by atoms with E-state index in [1.807, 2.05) is 44.2 Å². The molecule has 0 saturated carbocycles. The van der Waals surface area contributed by atoms with Gasteiger partial charge in [-0.25, -0.2) is 0 Å². The number of ether oxygens (including phenoxy) is 2. The Morgan fingerprint density at radius 2 is 1.96 bits per heavy atom. The van der Waals surface area contributed by atoms with Gasteiger partial charge in [0.1, 0.15) is 11.8 Å². The van der Waals surface area contributed by atoms with Crippen LogP contribution in [-0.2, 0) is 0 Å². The Morgan fingerprint density at radius 1 is 1.17 bits per heavy atom. The molecule has 1 aromatic heterocycles. The van der Waals surface area contributed by atoms with Gasteiger partial charge in [-0.2, -0.15) is 15.6 Å². The van der Waals surface area contributed by atoms with E-state index in [0.29, 0.717) is 36.8 Å². The average molecular weight is 323 g/mol. The number of benzene rings is 1. The fourth-order valence-corrected chi connectivity index (χ4v) is 2.48. The number of aromatic amines is 1. The van der Waals surface area contributed by atoms with Crippen molar-refractivity contribution in [2.24, 2.45) is 4.99 Å². The quantitative estimate of drug-likeness (QED) is 0.881. The zero-order valence-electron chi connectivity index (χ0n) is 13.5. The molecule has 1 N–H and O–H groups in total. The zero-order chi connectivity index (χ0) is 16.9. The molecule has 0 bridgehead atoms. The molecule has 7 heteroatoms. The van der Waals surface area contributed by atoms with E-state index < -0.39 is 0 Å². The van der Waals surface area contributed by atoms with Gasteiger partial charge in [0, 0.05) is 12.0 Å². The smallest absolute Gasteiger partial charge is 0.192 e. The second kappa shape index (κ2) is 6.96. The number of H-pyrrole nitrogens is 1. The highest BCUT2D eigenvalue weighted by molar-refractivity contribution is 6.07. The monoisotopic (exact) mass is 323 g/mol. The molecule has 0 fully saturated rings. The number of allylic oxidation sites excluding steroid dienone is 1. The highest BCUT2D eigenvalue weighted by atomic mass is 16.5. The molecule has 2 aromatic rings. The van der Waals surface area contributed by atoms with Crippen LogP contribution < -0.4 is 9.47 Å². The van der Waals surface area contributed by atoms with Gasteiger partial charge in [0.15, 0.2) is 17.2 Å². The predicted octanol–water partition coefficient (Wildman–Crippen LogP) is 2.71. The summed E-state index contributed by atoms with van der Waals surface area (Å²) >= 11 is 0. The van der Waals surface area contributed by atoms with E-state index in [0.717, 1.165) is 17.0 Å². The molecule has 7 nitrogen and oxygen atoms in total. The molecule has 0 atom stereocenters. The molecule has 1 aliphatic rings. The van der Waals surface area contributed by atoms with Crippen molar-refractivity contribution in [3.63, 3.8) is 0 Å². The van der Waals surface area contributed by atoms with Crippen molar-refractivity contribution in [2.75, 3.05) is 13.2 Å². The van der Waals surface area contributed by atoms with Crippen molar-refractivity contribution >= 4 is 11.4 Å². The number of aliphatic imine (C=N–C) groups is 1. The Bertz CT molecular complexity index is 845. The molecular weight excluding hydrogens is 306 g/mol. The van der Waals surface area contributed by atoms with Crippen LogP contribution in [0.25, 0.3) is 5.70 Å². The van der Waals surface area contributed by atoms with E-state index in [1.165, 1.54) is 0 Å². The van der Waals surface area contributed by atoms with Crippen LogP contribution in [-0.4, -0.2) is 34.3 Å². The van der Waals surface area contributed by atoms with Gasteiger partial charge in [-0.3, -0.25) is 4.99 Å². The first-order chi connectivity index (χ1) is 11.8. The van der Waals surface area contributed by atoms with Gasteiger partial charge < -0.3 is 9.47 Å². The van der Waals surface area contributed by atoms with Crippen LogP contribution in [0.15, 0.2) is 29.3 Å². The first-order valence-electron chi connectivity index (χ1n) is 7.75. The fourth-order valence-electron chi connectivity index (χ4n) is 2.48. The molecular formula is C17H17N5O2. The van der Waals surface area contributed by atoms with Crippen molar-refractivity contribution in [3.8, 4) is 17.6 Å². The third-order valence-corrected chi connectivity index (χ3v) is 3.52. The second-order valence-electron chi connectivity index (χ2n) is 5.01. The summed E-state index contributed by atoms with van der Waals surface area (Å²) < 4.78 is 11.2. The number of nitrogens with zero attached hydrogens (tertiary/aromatic N) is 4. The molecule has 0 spiro atoms. The van der Waals surface area contributed by atoms with Gasteiger partial charge in [-0.1, -0.05) is 6.08 Å². The Morgan fingerprint density at radius 3 is 2.71 bits per heavy atom. The Balaban J connectivity index is 1.89. The van der Waals surface area contributed by atoms with Crippen molar-refractivity contribution in [2.45, 2.75) is 20.3 Å². The van der Waals surface area contributed by atoms with Crippen LogP contribution in [0, 0.1) is 11.3 Å². The van der Waals surface area contributed by atoms with Crippen molar-refractivity contribution in [1.82, 2.24) is 15.4 Å². The average Bonchev–Trinajstić information content (AvgIpc) is 3.25. The normalized spacial score (nSPS) is 13.2. The largest absolute Gasteiger partial charge is 0.490 e. The molecule has 2 heterocycles. The van der Waals surface area contributed by atoms with Crippen molar-refractivity contribution in [1.29, 1.82) is 5.26 Å². The van der Waals surface area contributed by atoms with E-state index in [2.05, 4.69) is 20.4 Å². The van der Waals surface area contributed by atoms with Crippen molar-refractivity contribution in [3.05, 3.63) is 41.2 Å². The number of aromatic nitrogens is 3. The lowest BCUT2D eigenvalue weighted by Gasteiger charge is -2.12. The standard InChI is InChI=1S/C17H17N5O2/c1-3-23-15-8-5-11(9-16(15)24-4-2)12-6-7-13(19-12)17-14(10-18)20-22-21-17/h5,7-9H,3-4,6H2,1-2H3,(H,20,21,22). The summed E-state index contributed by atoms with van der Waals surface area (Å²) in [6, 6.07) is 7.78. The van der Waals surface area contributed by atoms with Crippen LogP contribution >= 0.6 is 0 Å². The summed E-state index contributed by atoms with van der Waals surface area (Å²) in [6.45, 7) is 5.01.